The van der Waals surface area contributed by atoms with E-state index in [0.29, 0.717) is 0 Å². The second-order valence-corrected chi connectivity index (χ2v) is 8.16. The van der Waals surface area contributed by atoms with Crippen molar-refractivity contribution in [1.29, 1.82) is 0 Å². The minimum atomic E-state index is -0.894. The molecule has 0 bridgehead atoms. The minimum absolute atomic E-state index is 0.781. The van der Waals surface area contributed by atoms with Gasteiger partial charge in [0.25, 0.3) is 0 Å². The monoisotopic (exact) mass is 280 g/mol. The molecular weight excluding hydrogens is 252 g/mol. The smallest absolute Gasteiger partial charge is 0.161 e. The molecular formula is C16H28O2Si. The third kappa shape index (κ3) is 5.27. The second-order valence-electron chi connectivity index (χ2n) is 5.23. The average molecular weight is 280 g/mol. The molecule has 0 radical (unpaired) electrons. The molecule has 0 fully saturated rings. The maximum Gasteiger partial charge on any atom is 0.161 e. The van der Waals surface area contributed by atoms with E-state index < -0.39 is 8.80 Å². The Morgan fingerprint density at radius 3 is 2.16 bits per heavy atom. The summed E-state index contributed by atoms with van der Waals surface area (Å²) in [5, 5.41) is 1.38. The van der Waals surface area contributed by atoms with Crippen LogP contribution in [0, 0.1) is 0 Å². The first-order valence-electron chi connectivity index (χ1n) is 7.59. The zero-order valence-corrected chi connectivity index (χ0v) is 14.0. The molecule has 0 aliphatic carbocycles. The number of benzene rings is 1. The van der Waals surface area contributed by atoms with Gasteiger partial charge in [0, 0.05) is 0 Å². The van der Waals surface area contributed by atoms with Gasteiger partial charge >= 0.3 is 0 Å². The molecule has 19 heavy (non-hydrogen) atoms. The summed E-state index contributed by atoms with van der Waals surface area (Å²) >= 11 is 0. The molecule has 0 spiro atoms. The number of rotatable bonds is 9. The summed E-state index contributed by atoms with van der Waals surface area (Å²) in [6, 6.07) is 6.33. The third-order valence-corrected chi connectivity index (χ3v) is 4.83. The summed E-state index contributed by atoms with van der Waals surface area (Å²) in [4.78, 5) is 0. The first kappa shape index (κ1) is 16.1. The van der Waals surface area contributed by atoms with Crippen LogP contribution in [0.15, 0.2) is 18.2 Å². The molecule has 0 unspecified atom stereocenters. The van der Waals surface area contributed by atoms with E-state index in [1.54, 1.807) is 0 Å². The average Bonchev–Trinajstić information content (AvgIpc) is 2.40. The molecule has 0 N–H and O–H groups in total. The topological polar surface area (TPSA) is 18.5 Å². The Kier molecular flexibility index (Phi) is 7.64. The maximum atomic E-state index is 6.01. The molecule has 1 aromatic carbocycles. The quantitative estimate of drug-likeness (QED) is 0.507. The van der Waals surface area contributed by atoms with Gasteiger partial charge < -0.3 is 9.47 Å². The van der Waals surface area contributed by atoms with Crippen LogP contribution in [0.4, 0.5) is 0 Å². The predicted octanol–water partition coefficient (Wildman–Crippen LogP) is 3.74. The molecule has 0 heterocycles. The molecule has 0 amide bonds. The largest absolute Gasteiger partial charge is 0.490 e. The maximum absolute atomic E-state index is 6.01. The Morgan fingerprint density at radius 1 is 0.947 bits per heavy atom. The van der Waals surface area contributed by atoms with Crippen LogP contribution in [0.5, 0.6) is 11.5 Å². The van der Waals surface area contributed by atoms with Crippen molar-refractivity contribution in [3.8, 4) is 11.5 Å². The van der Waals surface area contributed by atoms with Gasteiger partial charge in [0.1, 0.15) is 0 Å². The van der Waals surface area contributed by atoms with Crippen molar-refractivity contribution in [1.82, 2.24) is 0 Å². The van der Waals surface area contributed by atoms with Crippen LogP contribution in [0.2, 0.25) is 13.1 Å². The number of hydrogen-bond acceptors (Lipinski definition) is 2. The van der Waals surface area contributed by atoms with E-state index in [0.717, 1.165) is 50.4 Å². The Morgan fingerprint density at radius 2 is 1.58 bits per heavy atom. The van der Waals surface area contributed by atoms with Crippen LogP contribution in [-0.4, -0.2) is 22.0 Å². The van der Waals surface area contributed by atoms with E-state index in [-0.39, 0.29) is 0 Å². The van der Waals surface area contributed by atoms with Gasteiger partial charge in [-0.25, -0.2) is 0 Å². The molecule has 0 aromatic heterocycles. The Labute approximate surface area is 119 Å². The molecule has 1 aromatic rings. The van der Waals surface area contributed by atoms with Crippen molar-refractivity contribution < 1.29 is 9.47 Å². The van der Waals surface area contributed by atoms with Crippen molar-refractivity contribution >= 4 is 14.0 Å². The SMILES string of the molecule is CCCCOc1cccc([SiH](C)C)c1OCCCC. The van der Waals surface area contributed by atoms with Crippen molar-refractivity contribution in [3.05, 3.63) is 18.2 Å². The number of hydrogen-bond donors (Lipinski definition) is 0. The molecule has 3 heteroatoms. The lowest BCUT2D eigenvalue weighted by atomic mass is 10.3. The van der Waals surface area contributed by atoms with Gasteiger partial charge in [0.2, 0.25) is 0 Å². The molecule has 108 valence electrons. The molecule has 0 saturated heterocycles. The third-order valence-electron chi connectivity index (χ3n) is 3.13. The summed E-state index contributed by atoms with van der Waals surface area (Å²) in [5.74, 6) is 1.94. The zero-order chi connectivity index (χ0) is 14.1. The van der Waals surface area contributed by atoms with Crippen LogP contribution >= 0.6 is 0 Å². The molecule has 0 aliphatic heterocycles. The first-order chi connectivity index (χ1) is 9.20. The highest BCUT2D eigenvalue weighted by molar-refractivity contribution is 6.71. The molecule has 0 saturated carbocycles. The lowest BCUT2D eigenvalue weighted by molar-refractivity contribution is 0.263. The summed E-state index contributed by atoms with van der Waals surface area (Å²) in [6.45, 7) is 10.6. The summed E-state index contributed by atoms with van der Waals surface area (Å²) < 4.78 is 11.9. The zero-order valence-electron chi connectivity index (χ0n) is 12.9. The Bertz CT molecular complexity index is 364. The molecule has 0 aliphatic rings. The lowest BCUT2D eigenvalue weighted by Crippen LogP contribution is -2.25. The van der Waals surface area contributed by atoms with Crippen molar-refractivity contribution in [2.75, 3.05) is 13.2 Å². The van der Waals surface area contributed by atoms with E-state index in [2.05, 4.69) is 39.1 Å². The predicted molar refractivity (Wildman–Crippen MR) is 85.8 cm³/mol. The van der Waals surface area contributed by atoms with E-state index in [1.165, 1.54) is 5.19 Å². The highest BCUT2D eigenvalue weighted by Crippen LogP contribution is 2.26. The minimum Gasteiger partial charge on any atom is -0.490 e. The van der Waals surface area contributed by atoms with E-state index in [9.17, 15) is 0 Å². The van der Waals surface area contributed by atoms with Crippen molar-refractivity contribution in [2.24, 2.45) is 0 Å². The Balaban J connectivity index is 2.83. The van der Waals surface area contributed by atoms with E-state index in [4.69, 9.17) is 9.47 Å². The van der Waals surface area contributed by atoms with Gasteiger partial charge in [-0.15, -0.1) is 0 Å². The molecule has 2 nitrogen and oxygen atoms in total. The van der Waals surface area contributed by atoms with Gasteiger partial charge in [-0.05, 0) is 24.1 Å². The van der Waals surface area contributed by atoms with Crippen LogP contribution in [-0.2, 0) is 0 Å². The summed E-state index contributed by atoms with van der Waals surface area (Å²) in [6.07, 6.45) is 4.51. The molecule has 0 atom stereocenters. The van der Waals surface area contributed by atoms with Crippen LogP contribution < -0.4 is 14.7 Å². The van der Waals surface area contributed by atoms with Crippen molar-refractivity contribution in [2.45, 2.75) is 52.6 Å². The fourth-order valence-electron chi connectivity index (χ4n) is 1.90. The summed E-state index contributed by atoms with van der Waals surface area (Å²) in [5.41, 5.74) is 0. The number of unbranched alkanes of at least 4 members (excludes halogenated alkanes) is 2. The van der Waals surface area contributed by atoms with Crippen LogP contribution in [0.25, 0.3) is 0 Å². The normalized spacial score (nSPS) is 10.8. The van der Waals surface area contributed by atoms with Gasteiger partial charge in [-0.3, -0.25) is 0 Å². The van der Waals surface area contributed by atoms with E-state index >= 15 is 0 Å². The molecule has 1 rings (SSSR count). The Hall–Kier alpha value is -0.963. The van der Waals surface area contributed by atoms with Gasteiger partial charge in [0.15, 0.2) is 11.5 Å². The summed E-state index contributed by atoms with van der Waals surface area (Å²) in [7, 11) is -0.894. The highest BCUT2D eigenvalue weighted by Gasteiger charge is 2.14. The highest BCUT2D eigenvalue weighted by atomic mass is 28.3. The van der Waals surface area contributed by atoms with Crippen LogP contribution in [0.3, 0.4) is 0 Å². The number of ether oxygens (including phenoxy) is 2. The van der Waals surface area contributed by atoms with Crippen LogP contribution in [0.1, 0.15) is 39.5 Å². The van der Waals surface area contributed by atoms with Gasteiger partial charge in [-0.2, -0.15) is 0 Å². The fourth-order valence-corrected chi connectivity index (χ4v) is 3.15. The fraction of sp³-hybridized carbons (Fsp3) is 0.625. The van der Waals surface area contributed by atoms with E-state index in [1.807, 2.05) is 6.07 Å². The first-order valence-corrected chi connectivity index (χ1v) is 10.5. The number of para-hydroxylation sites is 1. The van der Waals surface area contributed by atoms with Crippen molar-refractivity contribution in [3.63, 3.8) is 0 Å². The lowest BCUT2D eigenvalue weighted by Gasteiger charge is -2.17. The van der Waals surface area contributed by atoms with Gasteiger partial charge in [0.05, 0.1) is 22.0 Å². The van der Waals surface area contributed by atoms with Gasteiger partial charge in [-0.1, -0.05) is 51.9 Å². The standard InChI is InChI=1S/C16H28O2Si/c1-5-7-12-17-14-10-9-11-15(19(3)4)16(14)18-13-8-6-2/h9-11,19H,5-8,12-13H2,1-4H3. The second kappa shape index (κ2) is 9.02.